The van der Waals surface area contributed by atoms with Crippen LogP contribution >= 0.6 is 0 Å². The van der Waals surface area contributed by atoms with Gasteiger partial charge in [-0.1, -0.05) is 24.3 Å². The van der Waals surface area contributed by atoms with Gasteiger partial charge in [-0.25, -0.2) is 9.97 Å². The summed E-state index contributed by atoms with van der Waals surface area (Å²) in [6.45, 7) is 6.76. The molecular formula is C17H18N4O. The third-order valence-electron chi connectivity index (χ3n) is 3.61. The average Bonchev–Trinajstić information content (AvgIpc) is 2.95. The van der Waals surface area contributed by atoms with Gasteiger partial charge in [0.1, 0.15) is 5.69 Å². The first-order valence-electron chi connectivity index (χ1n) is 7.29. The molecule has 2 heterocycles. The number of aryl methyl sites for hydroxylation is 1. The highest BCUT2D eigenvalue weighted by Gasteiger charge is 2.26. The standard InChI is InChI=1S/C17H18N4O/c1-3-9-18-17-19-12(2)11-14(20-17)16(22)21-10-8-13-6-4-5-7-15(13)21/h3-7,11H,1,8-10H2,2H3,(H,18,19,20). The lowest BCUT2D eigenvalue weighted by Gasteiger charge is -2.17. The molecule has 0 atom stereocenters. The van der Waals surface area contributed by atoms with E-state index in [4.69, 9.17) is 0 Å². The number of para-hydroxylation sites is 1. The Labute approximate surface area is 129 Å². The molecule has 1 aromatic heterocycles. The van der Waals surface area contributed by atoms with Crippen LogP contribution in [-0.4, -0.2) is 29.0 Å². The van der Waals surface area contributed by atoms with Crippen molar-refractivity contribution in [2.24, 2.45) is 0 Å². The van der Waals surface area contributed by atoms with E-state index in [9.17, 15) is 4.79 Å². The number of amides is 1. The van der Waals surface area contributed by atoms with Crippen LogP contribution in [0, 0.1) is 6.92 Å². The number of fused-ring (bicyclic) bond motifs is 1. The summed E-state index contributed by atoms with van der Waals surface area (Å²) in [5.41, 5.74) is 3.35. The van der Waals surface area contributed by atoms with Gasteiger partial charge < -0.3 is 10.2 Å². The molecule has 1 aliphatic heterocycles. The normalized spacial score (nSPS) is 12.9. The predicted molar refractivity (Wildman–Crippen MR) is 87.3 cm³/mol. The van der Waals surface area contributed by atoms with Crippen molar-refractivity contribution in [2.75, 3.05) is 23.3 Å². The van der Waals surface area contributed by atoms with Crippen LogP contribution < -0.4 is 10.2 Å². The zero-order valence-electron chi connectivity index (χ0n) is 12.5. The van der Waals surface area contributed by atoms with Crippen LogP contribution in [0.1, 0.15) is 21.7 Å². The Bertz CT molecular complexity index is 726. The first-order chi connectivity index (χ1) is 10.7. The Balaban J connectivity index is 1.90. The number of nitrogens with one attached hydrogen (secondary N) is 1. The maximum atomic E-state index is 12.8. The van der Waals surface area contributed by atoms with E-state index in [1.165, 1.54) is 5.56 Å². The van der Waals surface area contributed by atoms with Crippen molar-refractivity contribution >= 4 is 17.5 Å². The fraction of sp³-hybridized carbons (Fsp3) is 0.235. The number of carbonyl (C=O) groups excluding carboxylic acids is 1. The Morgan fingerprint density at radius 2 is 2.23 bits per heavy atom. The lowest BCUT2D eigenvalue weighted by Crippen LogP contribution is -2.30. The number of benzene rings is 1. The molecule has 0 bridgehead atoms. The monoisotopic (exact) mass is 294 g/mol. The van der Waals surface area contributed by atoms with Gasteiger partial charge in [0, 0.05) is 24.5 Å². The van der Waals surface area contributed by atoms with E-state index in [0.717, 1.165) is 17.8 Å². The van der Waals surface area contributed by atoms with Crippen molar-refractivity contribution in [3.05, 3.63) is 59.9 Å². The molecule has 112 valence electrons. The minimum Gasteiger partial charge on any atom is -0.351 e. The van der Waals surface area contributed by atoms with Crippen molar-refractivity contribution in [3.8, 4) is 0 Å². The highest BCUT2D eigenvalue weighted by Crippen LogP contribution is 2.28. The molecule has 5 nitrogen and oxygen atoms in total. The summed E-state index contributed by atoms with van der Waals surface area (Å²) in [4.78, 5) is 23.2. The van der Waals surface area contributed by atoms with Crippen molar-refractivity contribution in [1.82, 2.24) is 9.97 Å². The summed E-state index contributed by atoms with van der Waals surface area (Å²) in [5.74, 6) is 0.368. The van der Waals surface area contributed by atoms with E-state index in [2.05, 4.69) is 27.9 Å². The molecule has 1 N–H and O–H groups in total. The van der Waals surface area contributed by atoms with Crippen LogP contribution in [0.25, 0.3) is 0 Å². The molecule has 1 aliphatic rings. The van der Waals surface area contributed by atoms with Gasteiger partial charge in [-0.15, -0.1) is 6.58 Å². The van der Waals surface area contributed by atoms with E-state index in [0.29, 0.717) is 24.7 Å². The number of rotatable bonds is 4. The van der Waals surface area contributed by atoms with Gasteiger partial charge in [0.15, 0.2) is 0 Å². The third-order valence-corrected chi connectivity index (χ3v) is 3.61. The maximum Gasteiger partial charge on any atom is 0.277 e. The van der Waals surface area contributed by atoms with Crippen molar-refractivity contribution < 1.29 is 4.79 Å². The second-order valence-electron chi connectivity index (χ2n) is 5.22. The summed E-state index contributed by atoms with van der Waals surface area (Å²) >= 11 is 0. The first kappa shape index (κ1) is 14.3. The van der Waals surface area contributed by atoms with Crippen molar-refractivity contribution in [3.63, 3.8) is 0 Å². The molecule has 1 aromatic carbocycles. The zero-order valence-corrected chi connectivity index (χ0v) is 12.5. The van der Waals surface area contributed by atoms with Crippen LogP contribution in [0.5, 0.6) is 0 Å². The lowest BCUT2D eigenvalue weighted by molar-refractivity contribution is 0.0984. The minimum absolute atomic E-state index is 0.0860. The number of hydrogen-bond acceptors (Lipinski definition) is 4. The SMILES string of the molecule is C=CCNc1nc(C)cc(C(=O)N2CCc3ccccc32)n1. The van der Waals surface area contributed by atoms with E-state index in [1.54, 1.807) is 17.0 Å². The van der Waals surface area contributed by atoms with E-state index < -0.39 is 0 Å². The summed E-state index contributed by atoms with van der Waals surface area (Å²) in [7, 11) is 0. The summed E-state index contributed by atoms with van der Waals surface area (Å²) < 4.78 is 0. The minimum atomic E-state index is -0.0860. The van der Waals surface area contributed by atoms with E-state index >= 15 is 0 Å². The number of hydrogen-bond donors (Lipinski definition) is 1. The molecule has 0 spiro atoms. The van der Waals surface area contributed by atoms with Crippen molar-refractivity contribution in [1.29, 1.82) is 0 Å². The van der Waals surface area contributed by atoms with E-state index in [1.807, 2.05) is 25.1 Å². The number of aromatic nitrogens is 2. The Morgan fingerprint density at radius 1 is 1.41 bits per heavy atom. The number of nitrogens with zero attached hydrogens (tertiary/aromatic N) is 3. The quantitative estimate of drug-likeness (QED) is 0.881. The molecule has 5 heteroatoms. The van der Waals surface area contributed by atoms with Gasteiger partial charge in [-0.05, 0) is 31.0 Å². The molecular weight excluding hydrogens is 276 g/mol. The second kappa shape index (κ2) is 5.97. The zero-order chi connectivity index (χ0) is 15.5. The molecule has 2 aromatic rings. The van der Waals surface area contributed by atoms with Crippen molar-refractivity contribution in [2.45, 2.75) is 13.3 Å². The molecule has 1 amide bonds. The molecule has 0 unspecified atom stereocenters. The van der Waals surface area contributed by atoms with Gasteiger partial charge in [-0.3, -0.25) is 4.79 Å². The first-order valence-corrected chi connectivity index (χ1v) is 7.29. The van der Waals surface area contributed by atoms with Crippen LogP contribution in [0.3, 0.4) is 0 Å². The second-order valence-corrected chi connectivity index (χ2v) is 5.22. The molecule has 3 rings (SSSR count). The summed E-state index contributed by atoms with van der Waals surface area (Å²) in [6, 6.07) is 9.71. The molecule has 0 fully saturated rings. The molecule has 0 saturated carbocycles. The molecule has 22 heavy (non-hydrogen) atoms. The highest BCUT2D eigenvalue weighted by atomic mass is 16.2. The maximum absolute atomic E-state index is 12.8. The Hall–Kier alpha value is -2.69. The van der Waals surface area contributed by atoms with Crippen LogP contribution in [0.15, 0.2) is 43.0 Å². The van der Waals surface area contributed by atoms with E-state index in [-0.39, 0.29) is 5.91 Å². The largest absolute Gasteiger partial charge is 0.351 e. The fourth-order valence-corrected chi connectivity index (χ4v) is 2.61. The fourth-order valence-electron chi connectivity index (χ4n) is 2.61. The molecule has 0 aliphatic carbocycles. The highest BCUT2D eigenvalue weighted by molar-refractivity contribution is 6.06. The van der Waals surface area contributed by atoms with Gasteiger partial charge in [0.2, 0.25) is 5.95 Å². The van der Waals surface area contributed by atoms with Gasteiger partial charge in [0.25, 0.3) is 5.91 Å². The van der Waals surface area contributed by atoms with Gasteiger partial charge in [0.05, 0.1) is 0 Å². The topological polar surface area (TPSA) is 58.1 Å². The number of anilines is 2. The third kappa shape index (κ3) is 2.70. The van der Waals surface area contributed by atoms with Gasteiger partial charge in [-0.2, -0.15) is 0 Å². The predicted octanol–water partition coefficient (Wildman–Crippen LogP) is 2.59. The van der Waals surface area contributed by atoms with Crippen LogP contribution in [0.2, 0.25) is 0 Å². The smallest absolute Gasteiger partial charge is 0.277 e. The average molecular weight is 294 g/mol. The number of carbonyl (C=O) groups is 1. The Kier molecular flexibility index (Phi) is 3.87. The van der Waals surface area contributed by atoms with Crippen LogP contribution in [0.4, 0.5) is 11.6 Å². The van der Waals surface area contributed by atoms with Gasteiger partial charge >= 0.3 is 0 Å². The summed E-state index contributed by atoms with van der Waals surface area (Å²) in [6.07, 6.45) is 2.61. The lowest BCUT2D eigenvalue weighted by atomic mass is 10.2. The summed E-state index contributed by atoms with van der Waals surface area (Å²) in [5, 5.41) is 3.03. The Morgan fingerprint density at radius 3 is 3.05 bits per heavy atom. The van der Waals surface area contributed by atoms with Crippen LogP contribution in [-0.2, 0) is 6.42 Å². The molecule has 0 saturated heterocycles. The molecule has 0 radical (unpaired) electrons.